The van der Waals surface area contributed by atoms with Crippen molar-refractivity contribution in [3.63, 3.8) is 0 Å². The highest BCUT2D eigenvalue weighted by atomic mass is 79.9. The number of nitrogens with zero attached hydrogens (tertiary/aromatic N) is 1. The average Bonchev–Trinajstić information content (AvgIpc) is 3.02. The number of thiophene rings is 1. The van der Waals surface area contributed by atoms with Crippen molar-refractivity contribution in [2.75, 3.05) is 6.54 Å². The van der Waals surface area contributed by atoms with Crippen LogP contribution in [0.5, 0.6) is 0 Å². The van der Waals surface area contributed by atoms with Crippen LogP contribution >= 0.6 is 39.7 Å². The monoisotopic (exact) mass is 376 g/mol. The predicted octanol–water partition coefficient (Wildman–Crippen LogP) is 2.23. The van der Waals surface area contributed by atoms with Crippen LogP contribution in [0.3, 0.4) is 0 Å². The molecule has 0 saturated carbocycles. The normalized spacial score (nSPS) is 13.4. The van der Waals surface area contributed by atoms with Gasteiger partial charge in [-0.05, 0) is 22.0 Å². The molecule has 3 heterocycles. The topological polar surface area (TPSA) is 69.8 Å². The van der Waals surface area contributed by atoms with E-state index in [1.165, 1.54) is 0 Å². The fourth-order valence-corrected chi connectivity index (χ4v) is 3.50. The Labute approximate surface area is 135 Å². The molecule has 5 nitrogen and oxygen atoms in total. The van der Waals surface area contributed by atoms with Crippen molar-refractivity contribution < 1.29 is 4.79 Å². The molecule has 0 atom stereocenters. The quantitative estimate of drug-likeness (QED) is 0.768. The summed E-state index contributed by atoms with van der Waals surface area (Å²) in [5.41, 5.74) is 2.58. The molecule has 1 aliphatic rings. The Morgan fingerprint density at radius 2 is 2.40 bits per heavy atom. The second-order valence-corrected chi connectivity index (χ2v) is 6.28. The Kier molecular flexibility index (Phi) is 5.20. The summed E-state index contributed by atoms with van der Waals surface area (Å²) in [7, 11) is 0. The van der Waals surface area contributed by atoms with E-state index in [9.17, 15) is 4.79 Å². The Morgan fingerprint density at radius 1 is 1.55 bits per heavy atom. The molecule has 0 fully saturated rings. The van der Waals surface area contributed by atoms with Gasteiger partial charge in [-0.2, -0.15) is 5.10 Å². The summed E-state index contributed by atoms with van der Waals surface area (Å²) >= 11 is 5.01. The minimum absolute atomic E-state index is 0. The standard InChI is InChI=1S/C12H13BrN4OS.ClH/c13-7-3-8(19-6-7)4-15-12(18)11-9-5-14-2-1-10(9)16-17-11;/h3,6,14H,1-2,4-5H2,(H,15,18)(H,16,17);1H. The molecular weight excluding hydrogens is 364 g/mol. The molecule has 0 aromatic carbocycles. The van der Waals surface area contributed by atoms with Gasteiger partial charge >= 0.3 is 0 Å². The average molecular weight is 378 g/mol. The zero-order valence-corrected chi connectivity index (χ0v) is 13.8. The van der Waals surface area contributed by atoms with Gasteiger partial charge in [-0.1, -0.05) is 0 Å². The van der Waals surface area contributed by atoms with Crippen LogP contribution in [0, 0.1) is 0 Å². The molecule has 3 N–H and O–H groups in total. The predicted molar refractivity (Wildman–Crippen MR) is 84.4 cm³/mol. The lowest BCUT2D eigenvalue weighted by Crippen LogP contribution is -2.28. The Bertz CT molecular complexity index is 612. The molecule has 1 amide bonds. The number of amides is 1. The number of H-pyrrole nitrogens is 1. The van der Waals surface area contributed by atoms with Crippen molar-refractivity contribution in [3.05, 3.63) is 37.7 Å². The second kappa shape index (κ2) is 6.71. The molecule has 0 spiro atoms. The van der Waals surface area contributed by atoms with Gasteiger partial charge in [0.25, 0.3) is 5.91 Å². The van der Waals surface area contributed by atoms with E-state index < -0.39 is 0 Å². The van der Waals surface area contributed by atoms with E-state index in [4.69, 9.17) is 0 Å². The number of hydrogen-bond acceptors (Lipinski definition) is 4. The van der Waals surface area contributed by atoms with E-state index in [2.05, 4.69) is 36.8 Å². The molecule has 0 unspecified atom stereocenters. The van der Waals surface area contributed by atoms with E-state index in [1.807, 2.05) is 11.4 Å². The number of carbonyl (C=O) groups is 1. The SMILES string of the molecule is Cl.O=C(NCc1cc(Br)cs1)c1n[nH]c2c1CNCC2. The van der Waals surface area contributed by atoms with E-state index in [0.29, 0.717) is 18.8 Å². The van der Waals surface area contributed by atoms with Gasteiger partial charge in [0.05, 0.1) is 6.54 Å². The highest BCUT2D eigenvalue weighted by Gasteiger charge is 2.21. The van der Waals surface area contributed by atoms with Gasteiger partial charge in [-0.25, -0.2) is 0 Å². The van der Waals surface area contributed by atoms with E-state index in [0.717, 1.165) is 33.6 Å². The van der Waals surface area contributed by atoms with Crippen molar-refractivity contribution in [2.45, 2.75) is 19.5 Å². The molecule has 8 heteroatoms. The molecular formula is C12H14BrClN4OS. The van der Waals surface area contributed by atoms with Gasteiger partial charge in [-0.3, -0.25) is 9.89 Å². The molecule has 0 saturated heterocycles. The van der Waals surface area contributed by atoms with E-state index in [1.54, 1.807) is 11.3 Å². The number of nitrogens with one attached hydrogen (secondary N) is 3. The first kappa shape index (κ1) is 15.5. The Balaban J connectivity index is 0.00000147. The molecule has 0 aliphatic carbocycles. The van der Waals surface area contributed by atoms with Crippen LogP contribution in [0.1, 0.15) is 26.6 Å². The third-order valence-electron chi connectivity index (χ3n) is 3.07. The minimum atomic E-state index is -0.120. The summed E-state index contributed by atoms with van der Waals surface area (Å²) in [6.45, 7) is 2.17. The van der Waals surface area contributed by atoms with Crippen LogP contribution in [-0.4, -0.2) is 22.6 Å². The summed E-state index contributed by atoms with van der Waals surface area (Å²) in [5.74, 6) is -0.120. The number of carbonyl (C=O) groups excluding carboxylic acids is 1. The van der Waals surface area contributed by atoms with Gasteiger partial charge in [-0.15, -0.1) is 23.7 Å². The summed E-state index contributed by atoms with van der Waals surface area (Å²) in [6.07, 6.45) is 0.896. The minimum Gasteiger partial charge on any atom is -0.346 e. The van der Waals surface area contributed by atoms with Crippen LogP contribution in [0.4, 0.5) is 0 Å². The molecule has 3 rings (SSSR count). The first-order chi connectivity index (χ1) is 9.24. The van der Waals surface area contributed by atoms with Crippen LogP contribution < -0.4 is 10.6 Å². The van der Waals surface area contributed by atoms with Crippen LogP contribution in [0.25, 0.3) is 0 Å². The number of aromatic nitrogens is 2. The first-order valence-electron chi connectivity index (χ1n) is 6.02. The summed E-state index contributed by atoms with van der Waals surface area (Å²) in [6, 6.07) is 2.01. The Morgan fingerprint density at radius 3 is 3.15 bits per heavy atom. The number of halogens is 2. The molecule has 0 radical (unpaired) electrons. The van der Waals surface area contributed by atoms with Crippen molar-refractivity contribution in [1.29, 1.82) is 0 Å². The maximum absolute atomic E-state index is 12.1. The van der Waals surface area contributed by atoms with E-state index >= 15 is 0 Å². The fraction of sp³-hybridized carbons (Fsp3) is 0.333. The van der Waals surface area contributed by atoms with Crippen molar-refractivity contribution in [3.8, 4) is 0 Å². The zero-order chi connectivity index (χ0) is 13.2. The lowest BCUT2D eigenvalue weighted by atomic mass is 10.1. The summed E-state index contributed by atoms with van der Waals surface area (Å²) in [5, 5.41) is 15.2. The number of rotatable bonds is 3. The smallest absolute Gasteiger partial charge is 0.272 e. The maximum atomic E-state index is 12.1. The number of fused-ring (bicyclic) bond motifs is 1. The van der Waals surface area contributed by atoms with Gasteiger partial charge in [0.2, 0.25) is 0 Å². The van der Waals surface area contributed by atoms with Gasteiger partial charge in [0.15, 0.2) is 5.69 Å². The zero-order valence-electron chi connectivity index (χ0n) is 10.5. The van der Waals surface area contributed by atoms with Crippen LogP contribution in [0.15, 0.2) is 15.9 Å². The van der Waals surface area contributed by atoms with Crippen molar-refractivity contribution in [1.82, 2.24) is 20.8 Å². The summed E-state index contributed by atoms with van der Waals surface area (Å²) < 4.78 is 1.04. The van der Waals surface area contributed by atoms with Crippen molar-refractivity contribution >= 4 is 45.6 Å². The van der Waals surface area contributed by atoms with Crippen LogP contribution in [-0.2, 0) is 19.5 Å². The molecule has 1 aliphatic heterocycles. The highest BCUT2D eigenvalue weighted by Crippen LogP contribution is 2.20. The van der Waals surface area contributed by atoms with Crippen LogP contribution in [0.2, 0.25) is 0 Å². The van der Waals surface area contributed by atoms with E-state index in [-0.39, 0.29) is 18.3 Å². The van der Waals surface area contributed by atoms with Gasteiger partial charge in [0.1, 0.15) is 0 Å². The largest absolute Gasteiger partial charge is 0.346 e. The molecule has 108 valence electrons. The fourth-order valence-electron chi connectivity index (χ4n) is 2.11. The third-order valence-corrected chi connectivity index (χ3v) is 4.76. The molecule has 0 bridgehead atoms. The maximum Gasteiger partial charge on any atom is 0.272 e. The Hall–Kier alpha value is -0.890. The number of aromatic amines is 1. The summed E-state index contributed by atoms with van der Waals surface area (Å²) in [4.78, 5) is 13.2. The molecule has 2 aromatic rings. The lowest BCUT2D eigenvalue weighted by molar-refractivity contribution is 0.0945. The van der Waals surface area contributed by atoms with Crippen molar-refractivity contribution in [2.24, 2.45) is 0 Å². The number of hydrogen-bond donors (Lipinski definition) is 3. The highest BCUT2D eigenvalue weighted by molar-refractivity contribution is 9.10. The lowest BCUT2D eigenvalue weighted by Gasteiger charge is -2.12. The van der Waals surface area contributed by atoms with Gasteiger partial charge in [0, 0.05) is 45.5 Å². The first-order valence-corrected chi connectivity index (χ1v) is 7.69. The third kappa shape index (κ3) is 3.22. The molecule has 20 heavy (non-hydrogen) atoms. The molecule has 2 aromatic heterocycles. The second-order valence-electron chi connectivity index (χ2n) is 4.37. The van der Waals surface area contributed by atoms with Gasteiger partial charge < -0.3 is 10.6 Å².